The molecule has 2 nitrogen and oxygen atoms in total. The molecule has 0 saturated heterocycles. The third kappa shape index (κ3) is 1.82. The fourth-order valence-electron chi connectivity index (χ4n) is 1.72. The lowest BCUT2D eigenvalue weighted by atomic mass is 10.1. The fourth-order valence-corrected chi connectivity index (χ4v) is 1.72. The van der Waals surface area contributed by atoms with Crippen LogP contribution in [-0.2, 0) is 12.8 Å². The van der Waals surface area contributed by atoms with Crippen molar-refractivity contribution >= 4 is 12.4 Å². The molecule has 1 aliphatic carbocycles. The van der Waals surface area contributed by atoms with Crippen molar-refractivity contribution in [2.45, 2.75) is 18.9 Å². The Morgan fingerprint density at radius 2 is 2.00 bits per heavy atom. The van der Waals surface area contributed by atoms with E-state index in [9.17, 15) is 0 Å². The molecule has 13 heavy (non-hydrogen) atoms. The molecule has 68 valence electrons. The zero-order valence-corrected chi connectivity index (χ0v) is 7.97. The second-order valence-electron chi connectivity index (χ2n) is 3.26. The molecule has 1 atom stereocenters. The average Bonchev–Trinajstić information content (AvgIpc) is 2.43. The van der Waals surface area contributed by atoms with Crippen LogP contribution in [-0.4, -0.2) is 6.04 Å². The van der Waals surface area contributed by atoms with Crippen LogP contribution < -0.4 is 5.73 Å². The van der Waals surface area contributed by atoms with Crippen LogP contribution in [0, 0.1) is 11.3 Å². The van der Waals surface area contributed by atoms with Crippen LogP contribution in [0.5, 0.6) is 0 Å². The molecule has 0 aromatic heterocycles. The summed E-state index contributed by atoms with van der Waals surface area (Å²) in [5, 5.41) is 8.65. The van der Waals surface area contributed by atoms with Crippen molar-refractivity contribution in [1.82, 2.24) is 0 Å². The summed E-state index contributed by atoms with van der Waals surface area (Å²) in [6.07, 6.45) is 1.88. The van der Waals surface area contributed by atoms with Crippen molar-refractivity contribution in [3.05, 3.63) is 34.9 Å². The highest BCUT2D eigenvalue weighted by molar-refractivity contribution is 5.85. The van der Waals surface area contributed by atoms with Gasteiger partial charge in [-0.05, 0) is 36.1 Å². The van der Waals surface area contributed by atoms with E-state index >= 15 is 0 Å². The maximum Gasteiger partial charge on any atom is 0.0991 e. The average molecular weight is 195 g/mol. The van der Waals surface area contributed by atoms with Gasteiger partial charge in [0, 0.05) is 6.04 Å². The van der Waals surface area contributed by atoms with Gasteiger partial charge in [-0.2, -0.15) is 5.26 Å². The van der Waals surface area contributed by atoms with Gasteiger partial charge in [0.25, 0.3) is 0 Å². The van der Waals surface area contributed by atoms with Crippen LogP contribution in [0.1, 0.15) is 16.7 Å². The van der Waals surface area contributed by atoms with E-state index in [4.69, 9.17) is 11.0 Å². The molecule has 1 unspecified atom stereocenters. The summed E-state index contributed by atoms with van der Waals surface area (Å²) < 4.78 is 0. The summed E-state index contributed by atoms with van der Waals surface area (Å²) in [4.78, 5) is 0. The molecule has 0 spiro atoms. The van der Waals surface area contributed by atoms with E-state index in [2.05, 4.69) is 6.07 Å². The predicted molar refractivity (Wildman–Crippen MR) is 53.8 cm³/mol. The van der Waals surface area contributed by atoms with Gasteiger partial charge in [-0.15, -0.1) is 12.4 Å². The van der Waals surface area contributed by atoms with Crippen LogP contribution in [0.4, 0.5) is 0 Å². The molecule has 0 radical (unpaired) electrons. The molecular weight excluding hydrogens is 184 g/mol. The first-order valence-electron chi connectivity index (χ1n) is 4.07. The summed E-state index contributed by atoms with van der Waals surface area (Å²) in [6.45, 7) is 0. The van der Waals surface area contributed by atoms with Gasteiger partial charge in [-0.1, -0.05) is 6.07 Å². The van der Waals surface area contributed by atoms with Crippen molar-refractivity contribution in [1.29, 1.82) is 5.26 Å². The van der Waals surface area contributed by atoms with E-state index in [1.165, 1.54) is 11.1 Å². The number of fused-ring (bicyclic) bond motifs is 1. The van der Waals surface area contributed by atoms with Crippen LogP contribution in [0.2, 0.25) is 0 Å². The van der Waals surface area contributed by atoms with Gasteiger partial charge >= 0.3 is 0 Å². The monoisotopic (exact) mass is 194 g/mol. The standard InChI is InChI=1S/C10H10N2.ClH/c11-6-7-1-2-8-4-10(12)5-9(8)3-7;/h1-3,10H,4-5,12H2;1H. The second-order valence-corrected chi connectivity index (χ2v) is 3.26. The highest BCUT2D eigenvalue weighted by Crippen LogP contribution is 2.21. The van der Waals surface area contributed by atoms with Crippen molar-refractivity contribution in [2.75, 3.05) is 0 Å². The Bertz CT molecular complexity index is 354. The Balaban J connectivity index is 0.000000845. The van der Waals surface area contributed by atoms with Crippen molar-refractivity contribution in [3.63, 3.8) is 0 Å². The Labute approximate surface area is 83.8 Å². The number of nitriles is 1. The first-order chi connectivity index (χ1) is 5.79. The van der Waals surface area contributed by atoms with Gasteiger partial charge in [-0.3, -0.25) is 0 Å². The van der Waals surface area contributed by atoms with Gasteiger partial charge < -0.3 is 5.73 Å². The molecule has 0 aliphatic heterocycles. The second kappa shape index (κ2) is 3.78. The summed E-state index contributed by atoms with van der Waals surface area (Å²) in [5.41, 5.74) is 9.09. The molecule has 2 rings (SSSR count). The van der Waals surface area contributed by atoms with E-state index in [0.29, 0.717) is 0 Å². The minimum absolute atomic E-state index is 0. The molecule has 0 amide bonds. The Kier molecular flexibility index (Phi) is 2.92. The van der Waals surface area contributed by atoms with Crippen molar-refractivity contribution in [2.24, 2.45) is 5.73 Å². The first-order valence-corrected chi connectivity index (χ1v) is 4.07. The third-order valence-electron chi connectivity index (χ3n) is 2.30. The number of nitrogens with zero attached hydrogens (tertiary/aromatic N) is 1. The lowest BCUT2D eigenvalue weighted by molar-refractivity contribution is 0.721. The highest BCUT2D eigenvalue weighted by Gasteiger charge is 2.17. The molecule has 0 fully saturated rings. The van der Waals surface area contributed by atoms with Gasteiger partial charge in [0.05, 0.1) is 11.6 Å². The van der Waals surface area contributed by atoms with E-state index < -0.39 is 0 Å². The van der Waals surface area contributed by atoms with E-state index in [-0.39, 0.29) is 18.4 Å². The molecule has 0 heterocycles. The SMILES string of the molecule is Cl.N#Cc1ccc2c(c1)CC(N)C2. The van der Waals surface area contributed by atoms with Crippen molar-refractivity contribution in [3.8, 4) is 6.07 Å². The summed E-state index contributed by atoms with van der Waals surface area (Å²) in [7, 11) is 0. The zero-order valence-electron chi connectivity index (χ0n) is 7.16. The Hall–Kier alpha value is -1.04. The molecule has 2 N–H and O–H groups in total. The smallest absolute Gasteiger partial charge is 0.0991 e. The minimum atomic E-state index is 0. The summed E-state index contributed by atoms with van der Waals surface area (Å²) >= 11 is 0. The number of rotatable bonds is 0. The Morgan fingerprint density at radius 1 is 1.31 bits per heavy atom. The first kappa shape index (κ1) is 10.0. The van der Waals surface area contributed by atoms with Crippen LogP contribution in [0.15, 0.2) is 18.2 Å². The molecule has 3 heteroatoms. The number of hydrogen-bond acceptors (Lipinski definition) is 2. The van der Waals surface area contributed by atoms with E-state index in [1.54, 1.807) is 0 Å². The number of nitrogens with two attached hydrogens (primary N) is 1. The number of hydrogen-bond donors (Lipinski definition) is 1. The molecule has 1 aromatic rings. The number of halogens is 1. The predicted octanol–water partition coefficient (Wildman–Crippen LogP) is 1.41. The van der Waals surface area contributed by atoms with Crippen LogP contribution >= 0.6 is 12.4 Å². The zero-order chi connectivity index (χ0) is 8.55. The topological polar surface area (TPSA) is 49.8 Å². The highest BCUT2D eigenvalue weighted by atomic mass is 35.5. The van der Waals surface area contributed by atoms with Gasteiger partial charge in [0.1, 0.15) is 0 Å². The van der Waals surface area contributed by atoms with Gasteiger partial charge in [-0.25, -0.2) is 0 Å². The molecule has 0 bridgehead atoms. The van der Waals surface area contributed by atoms with Crippen LogP contribution in [0.3, 0.4) is 0 Å². The summed E-state index contributed by atoms with van der Waals surface area (Å²) in [6, 6.07) is 8.21. The largest absolute Gasteiger partial charge is 0.327 e. The summed E-state index contributed by atoms with van der Waals surface area (Å²) in [5.74, 6) is 0. The van der Waals surface area contributed by atoms with Gasteiger partial charge in [0.2, 0.25) is 0 Å². The molecule has 1 aromatic carbocycles. The normalized spacial score (nSPS) is 18.6. The Morgan fingerprint density at radius 3 is 2.69 bits per heavy atom. The van der Waals surface area contributed by atoms with Crippen molar-refractivity contribution < 1.29 is 0 Å². The lowest BCUT2D eigenvalue weighted by Gasteiger charge is -1.96. The van der Waals surface area contributed by atoms with E-state index in [1.807, 2.05) is 18.2 Å². The maximum atomic E-state index is 8.65. The molecule has 0 saturated carbocycles. The minimum Gasteiger partial charge on any atom is -0.327 e. The maximum absolute atomic E-state index is 8.65. The molecule has 1 aliphatic rings. The van der Waals surface area contributed by atoms with Gasteiger partial charge in [0.15, 0.2) is 0 Å². The molecular formula is C10H11ClN2. The quantitative estimate of drug-likeness (QED) is 0.679. The number of benzene rings is 1. The van der Waals surface area contributed by atoms with Crippen LogP contribution in [0.25, 0.3) is 0 Å². The fraction of sp³-hybridized carbons (Fsp3) is 0.300. The lowest BCUT2D eigenvalue weighted by Crippen LogP contribution is -2.18. The van der Waals surface area contributed by atoms with E-state index in [0.717, 1.165) is 18.4 Å². The third-order valence-corrected chi connectivity index (χ3v) is 2.30.